The molecule has 2 atom stereocenters. The molecule has 4 nitrogen and oxygen atoms in total. The molecule has 0 saturated heterocycles. The number of aliphatic carboxylic acids is 1. The first-order chi connectivity index (χ1) is 9.59. The third kappa shape index (κ3) is 3.26. The zero-order valence-corrected chi connectivity index (χ0v) is 11.5. The lowest BCUT2D eigenvalue weighted by Crippen LogP contribution is -2.38. The van der Waals surface area contributed by atoms with Gasteiger partial charge in [0.05, 0.1) is 12.0 Å². The third-order valence-electron chi connectivity index (χ3n) is 3.72. The molecule has 0 bridgehead atoms. The van der Waals surface area contributed by atoms with Gasteiger partial charge in [-0.1, -0.05) is 42.5 Å². The summed E-state index contributed by atoms with van der Waals surface area (Å²) in [6, 6.07) is 8.76. The number of hydrogen-bond donors (Lipinski definition) is 2. The van der Waals surface area contributed by atoms with Gasteiger partial charge >= 0.3 is 5.97 Å². The molecule has 0 radical (unpaired) electrons. The van der Waals surface area contributed by atoms with Crippen LogP contribution in [0.3, 0.4) is 0 Å². The van der Waals surface area contributed by atoms with Crippen LogP contribution < -0.4 is 5.32 Å². The van der Waals surface area contributed by atoms with Gasteiger partial charge in [0, 0.05) is 5.92 Å². The van der Waals surface area contributed by atoms with Crippen molar-refractivity contribution in [1.82, 2.24) is 5.32 Å². The van der Waals surface area contributed by atoms with Crippen molar-refractivity contribution in [3.63, 3.8) is 0 Å². The van der Waals surface area contributed by atoms with Gasteiger partial charge in [-0.05, 0) is 25.3 Å². The van der Waals surface area contributed by atoms with E-state index in [0.717, 1.165) is 18.4 Å². The van der Waals surface area contributed by atoms with Crippen LogP contribution in [-0.4, -0.2) is 17.0 Å². The molecule has 0 aromatic heterocycles. The van der Waals surface area contributed by atoms with Crippen LogP contribution in [0.5, 0.6) is 0 Å². The van der Waals surface area contributed by atoms with E-state index >= 15 is 0 Å². The first kappa shape index (κ1) is 14.3. The summed E-state index contributed by atoms with van der Waals surface area (Å²) in [5, 5.41) is 12.1. The average Bonchev–Trinajstić information content (AvgIpc) is 2.99. The normalized spacial score (nSPS) is 17.6. The summed E-state index contributed by atoms with van der Waals surface area (Å²) < 4.78 is 0. The van der Waals surface area contributed by atoms with E-state index in [9.17, 15) is 14.7 Å². The van der Waals surface area contributed by atoms with E-state index < -0.39 is 17.9 Å². The number of nitrogens with one attached hydrogen (secondary N) is 1. The standard InChI is InChI=1S/C16H19NO3/c1-11(16(19)20)14(12-7-3-2-4-8-12)17-15(18)13-9-5-6-10-13/h2-8,11,13-14H,9-10H2,1H3,(H,17,18)(H,19,20)/t11-,14-/m0/s1. The Morgan fingerprint density at radius 2 is 1.80 bits per heavy atom. The van der Waals surface area contributed by atoms with Crippen LogP contribution in [0, 0.1) is 11.8 Å². The van der Waals surface area contributed by atoms with E-state index in [1.807, 2.05) is 42.5 Å². The van der Waals surface area contributed by atoms with Crippen molar-refractivity contribution < 1.29 is 14.7 Å². The molecule has 1 aliphatic carbocycles. The fraction of sp³-hybridized carbons (Fsp3) is 0.375. The van der Waals surface area contributed by atoms with E-state index in [4.69, 9.17) is 0 Å². The van der Waals surface area contributed by atoms with E-state index in [0.29, 0.717) is 0 Å². The molecular formula is C16H19NO3. The Morgan fingerprint density at radius 3 is 2.35 bits per heavy atom. The van der Waals surface area contributed by atoms with E-state index in [1.54, 1.807) is 6.92 Å². The number of carbonyl (C=O) groups is 2. The van der Waals surface area contributed by atoms with Gasteiger partial charge < -0.3 is 10.4 Å². The van der Waals surface area contributed by atoms with E-state index in [2.05, 4.69) is 5.32 Å². The van der Waals surface area contributed by atoms with Crippen molar-refractivity contribution in [3.05, 3.63) is 48.0 Å². The molecule has 2 rings (SSSR count). The molecule has 2 N–H and O–H groups in total. The molecule has 1 aliphatic rings. The van der Waals surface area contributed by atoms with Gasteiger partial charge in [-0.2, -0.15) is 0 Å². The van der Waals surface area contributed by atoms with Gasteiger partial charge in [0.2, 0.25) is 5.91 Å². The van der Waals surface area contributed by atoms with Crippen molar-refractivity contribution in [2.24, 2.45) is 11.8 Å². The number of hydrogen-bond acceptors (Lipinski definition) is 2. The second-order valence-corrected chi connectivity index (χ2v) is 5.16. The average molecular weight is 273 g/mol. The Kier molecular flexibility index (Phi) is 4.56. The van der Waals surface area contributed by atoms with Gasteiger partial charge in [-0.3, -0.25) is 9.59 Å². The van der Waals surface area contributed by atoms with Gasteiger partial charge in [-0.25, -0.2) is 0 Å². The van der Waals surface area contributed by atoms with Gasteiger partial charge in [0.1, 0.15) is 0 Å². The minimum absolute atomic E-state index is 0.0674. The van der Waals surface area contributed by atoms with Crippen LogP contribution >= 0.6 is 0 Å². The summed E-state index contributed by atoms with van der Waals surface area (Å²) in [6.45, 7) is 1.62. The Labute approximate surface area is 118 Å². The maximum absolute atomic E-state index is 12.2. The highest BCUT2D eigenvalue weighted by Crippen LogP contribution is 2.25. The number of allylic oxidation sites excluding steroid dienone is 2. The molecule has 1 aromatic carbocycles. The molecule has 0 aliphatic heterocycles. The molecule has 4 heteroatoms. The van der Waals surface area contributed by atoms with Crippen LogP contribution in [0.25, 0.3) is 0 Å². The number of amides is 1. The maximum atomic E-state index is 12.2. The Morgan fingerprint density at radius 1 is 1.20 bits per heavy atom. The number of carbonyl (C=O) groups excluding carboxylic acids is 1. The second kappa shape index (κ2) is 6.37. The largest absolute Gasteiger partial charge is 0.481 e. The highest BCUT2D eigenvalue weighted by Gasteiger charge is 2.29. The topological polar surface area (TPSA) is 66.4 Å². The number of carboxylic acid groups (broad SMARTS) is 1. The number of carboxylic acids is 1. The smallest absolute Gasteiger partial charge is 0.308 e. The third-order valence-corrected chi connectivity index (χ3v) is 3.72. The van der Waals surface area contributed by atoms with Crippen LogP contribution in [-0.2, 0) is 9.59 Å². The minimum atomic E-state index is -0.913. The fourth-order valence-electron chi connectivity index (χ4n) is 2.40. The molecule has 106 valence electrons. The molecule has 1 amide bonds. The van der Waals surface area contributed by atoms with Crippen molar-refractivity contribution in [2.75, 3.05) is 0 Å². The molecule has 0 heterocycles. The van der Waals surface area contributed by atoms with Crippen molar-refractivity contribution in [2.45, 2.75) is 25.8 Å². The molecule has 0 spiro atoms. The summed E-state index contributed by atoms with van der Waals surface area (Å²) in [5.74, 6) is -1.72. The number of rotatable bonds is 5. The predicted molar refractivity (Wildman–Crippen MR) is 76.0 cm³/mol. The summed E-state index contributed by atoms with van der Waals surface area (Å²) >= 11 is 0. The summed E-state index contributed by atoms with van der Waals surface area (Å²) in [5.41, 5.74) is 0.821. The predicted octanol–water partition coefficient (Wildman–Crippen LogP) is 2.53. The van der Waals surface area contributed by atoms with Gasteiger partial charge in [0.15, 0.2) is 0 Å². The zero-order chi connectivity index (χ0) is 14.5. The Balaban J connectivity index is 2.14. The molecule has 20 heavy (non-hydrogen) atoms. The molecular weight excluding hydrogens is 254 g/mol. The van der Waals surface area contributed by atoms with Crippen molar-refractivity contribution >= 4 is 11.9 Å². The lowest BCUT2D eigenvalue weighted by molar-refractivity contribution is -0.142. The Bertz CT molecular complexity index is 502. The van der Waals surface area contributed by atoms with Crippen molar-refractivity contribution in [1.29, 1.82) is 0 Å². The van der Waals surface area contributed by atoms with E-state index in [1.165, 1.54) is 0 Å². The molecule has 1 aromatic rings. The molecule has 0 fully saturated rings. The van der Waals surface area contributed by atoms with Gasteiger partial charge in [-0.15, -0.1) is 0 Å². The maximum Gasteiger partial charge on any atom is 0.308 e. The van der Waals surface area contributed by atoms with Crippen molar-refractivity contribution in [3.8, 4) is 0 Å². The van der Waals surface area contributed by atoms with Gasteiger partial charge in [0.25, 0.3) is 0 Å². The molecule has 0 unspecified atom stereocenters. The minimum Gasteiger partial charge on any atom is -0.481 e. The summed E-state index contributed by atoms with van der Waals surface area (Å²) in [7, 11) is 0. The zero-order valence-electron chi connectivity index (χ0n) is 11.5. The number of benzene rings is 1. The SMILES string of the molecule is C[C@H](C(=O)O)[C@H](NC(=O)C1CC=CC1)c1ccccc1. The van der Waals surface area contributed by atoms with E-state index in [-0.39, 0.29) is 11.8 Å². The second-order valence-electron chi connectivity index (χ2n) is 5.16. The lowest BCUT2D eigenvalue weighted by Gasteiger charge is -2.24. The van der Waals surface area contributed by atoms with Crippen LogP contribution in [0.1, 0.15) is 31.4 Å². The fourth-order valence-corrected chi connectivity index (χ4v) is 2.40. The van der Waals surface area contributed by atoms with Crippen LogP contribution in [0.4, 0.5) is 0 Å². The highest BCUT2D eigenvalue weighted by atomic mass is 16.4. The Hall–Kier alpha value is -2.10. The van der Waals surface area contributed by atoms with Crippen LogP contribution in [0.2, 0.25) is 0 Å². The summed E-state index contributed by atoms with van der Waals surface area (Å²) in [6.07, 6.45) is 5.44. The van der Waals surface area contributed by atoms with Crippen LogP contribution in [0.15, 0.2) is 42.5 Å². The quantitative estimate of drug-likeness (QED) is 0.810. The lowest BCUT2D eigenvalue weighted by atomic mass is 9.93. The molecule has 0 saturated carbocycles. The first-order valence-electron chi connectivity index (χ1n) is 6.82. The monoisotopic (exact) mass is 273 g/mol. The highest BCUT2D eigenvalue weighted by molar-refractivity contribution is 5.81. The first-order valence-corrected chi connectivity index (χ1v) is 6.82. The summed E-state index contributed by atoms with van der Waals surface area (Å²) in [4.78, 5) is 23.5.